The van der Waals surface area contributed by atoms with E-state index in [2.05, 4.69) is 10.5 Å². The molecule has 0 bridgehead atoms. The van der Waals surface area contributed by atoms with Gasteiger partial charge in [-0.15, -0.1) is 0 Å². The number of benzene rings is 1. The molecule has 1 aliphatic rings. The highest BCUT2D eigenvalue weighted by atomic mass is 16.7. The van der Waals surface area contributed by atoms with Crippen molar-refractivity contribution < 1.29 is 23.9 Å². The van der Waals surface area contributed by atoms with Crippen LogP contribution in [0.1, 0.15) is 46.1 Å². The third-order valence-electron chi connectivity index (χ3n) is 3.98. The third kappa shape index (κ3) is 6.27. The minimum absolute atomic E-state index is 0.154. The Kier molecular flexibility index (Phi) is 6.82. The van der Waals surface area contributed by atoms with Crippen LogP contribution in [0.2, 0.25) is 0 Å². The number of hydrogen-bond acceptors (Lipinski definition) is 6. The van der Waals surface area contributed by atoms with E-state index in [1.165, 1.54) is 0 Å². The van der Waals surface area contributed by atoms with Crippen LogP contribution < -0.4 is 5.32 Å². The van der Waals surface area contributed by atoms with E-state index in [1.54, 1.807) is 27.7 Å². The Morgan fingerprint density at radius 2 is 1.96 bits per heavy atom. The number of hydrogen-bond donors (Lipinski definition) is 1. The number of rotatable bonds is 7. The van der Waals surface area contributed by atoms with Crippen molar-refractivity contribution in [1.82, 2.24) is 5.32 Å². The summed E-state index contributed by atoms with van der Waals surface area (Å²) in [5, 5.41) is 6.66. The number of esters is 1. The highest BCUT2D eigenvalue weighted by Crippen LogP contribution is 2.31. The lowest BCUT2D eigenvalue weighted by molar-refractivity contribution is -0.169. The van der Waals surface area contributed by atoms with Crippen molar-refractivity contribution in [1.29, 1.82) is 0 Å². The molecule has 2 rings (SSSR count). The number of nitrogens with zero attached hydrogens (tertiary/aromatic N) is 1. The van der Waals surface area contributed by atoms with Crippen molar-refractivity contribution in [2.24, 2.45) is 5.16 Å². The maximum absolute atomic E-state index is 12.5. The largest absolute Gasteiger partial charge is 0.463 e. The fourth-order valence-electron chi connectivity index (χ4n) is 2.73. The molecule has 0 spiro atoms. The number of aryl methyl sites for hydroxylation is 1. The van der Waals surface area contributed by atoms with Crippen LogP contribution in [-0.4, -0.2) is 42.1 Å². The number of oxime groups is 1. The van der Waals surface area contributed by atoms with E-state index in [-0.39, 0.29) is 19.6 Å². The topological polar surface area (TPSA) is 86.2 Å². The Balaban J connectivity index is 1.96. The van der Waals surface area contributed by atoms with Gasteiger partial charge in [-0.1, -0.05) is 35.5 Å². The van der Waals surface area contributed by atoms with Gasteiger partial charge >= 0.3 is 12.1 Å². The molecule has 1 aliphatic heterocycles. The number of alkyl carbamates (subject to hydrolysis) is 1. The minimum atomic E-state index is -1.16. The molecule has 0 saturated carbocycles. The van der Waals surface area contributed by atoms with Crippen LogP contribution in [-0.2, 0) is 25.5 Å². The van der Waals surface area contributed by atoms with Crippen molar-refractivity contribution in [3.8, 4) is 0 Å². The number of ether oxygens (including phenoxy) is 2. The average Bonchev–Trinajstić information content (AvgIpc) is 3.03. The number of carbonyl (C=O) groups excluding carboxylic acids is 2. The summed E-state index contributed by atoms with van der Waals surface area (Å²) in [4.78, 5) is 29.9. The first kappa shape index (κ1) is 20.7. The smallest absolute Gasteiger partial charge is 0.407 e. The molecule has 27 heavy (non-hydrogen) atoms. The maximum Gasteiger partial charge on any atom is 0.407 e. The van der Waals surface area contributed by atoms with E-state index in [0.717, 1.165) is 5.56 Å². The highest BCUT2D eigenvalue weighted by molar-refractivity contribution is 5.96. The Hall–Kier alpha value is -2.57. The van der Waals surface area contributed by atoms with Gasteiger partial charge in [0.1, 0.15) is 5.60 Å². The molecule has 0 saturated heterocycles. The second-order valence-electron chi connectivity index (χ2n) is 7.48. The van der Waals surface area contributed by atoms with Gasteiger partial charge in [-0.05, 0) is 39.7 Å². The standard InChI is InChI=1S/C20H28N2O5/c1-5-25-17(23)20(12-11-15-9-7-6-8-10-15)13-16(22-27-20)14-21-18(24)26-19(2,3)4/h6-10H,5,11-14H2,1-4H3,(H,21,24). The van der Waals surface area contributed by atoms with Crippen molar-refractivity contribution in [2.45, 2.75) is 58.2 Å². The lowest BCUT2D eigenvalue weighted by Crippen LogP contribution is -2.42. The van der Waals surface area contributed by atoms with Gasteiger partial charge in [0.15, 0.2) is 0 Å². The second kappa shape index (κ2) is 8.88. The zero-order valence-corrected chi connectivity index (χ0v) is 16.4. The van der Waals surface area contributed by atoms with Crippen LogP contribution >= 0.6 is 0 Å². The molecule has 0 aromatic heterocycles. The van der Waals surface area contributed by atoms with Crippen LogP contribution in [0.25, 0.3) is 0 Å². The monoisotopic (exact) mass is 376 g/mol. The van der Waals surface area contributed by atoms with Crippen LogP contribution in [0, 0.1) is 0 Å². The summed E-state index contributed by atoms with van der Waals surface area (Å²) in [6, 6.07) is 9.85. The zero-order valence-electron chi connectivity index (χ0n) is 16.4. The molecule has 0 fully saturated rings. The zero-order chi connectivity index (χ0) is 19.9. The molecule has 1 aromatic rings. The number of amides is 1. The summed E-state index contributed by atoms with van der Waals surface area (Å²) in [6.07, 6.45) is 0.828. The van der Waals surface area contributed by atoms with Gasteiger partial charge in [0, 0.05) is 12.8 Å². The van der Waals surface area contributed by atoms with Gasteiger partial charge in [-0.3, -0.25) is 0 Å². The van der Waals surface area contributed by atoms with Gasteiger partial charge in [0.25, 0.3) is 0 Å². The van der Waals surface area contributed by atoms with Crippen molar-refractivity contribution in [2.75, 3.05) is 13.2 Å². The van der Waals surface area contributed by atoms with E-state index in [0.29, 0.717) is 18.6 Å². The molecule has 7 nitrogen and oxygen atoms in total. The van der Waals surface area contributed by atoms with E-state index in [9.17, 15) is 9.59 Å². The fraction of sp³-hybridized carbons (Fsp3) is 0.550. The van der Waals surface area contributed by atoms with Gasteiger partial charge in [-0.25, -0.2) is 9.59 Å². The lowest BCUT2D eigenvalue weighted by atomic mass is 9.90. The summed E-state index contributed by atoms with van der Waals surface area (Å²) >= 11 is 0. The predicted molar refractivity (Wildman–Crippen MR) is 102 cm³/mol. The molecule has 0 aliphatic carbocycles. The fourth-order valence-corrected chi connectivity index (χ4v) is 2.73. The first-order valence-electron chi connectivity index (χ1n) is 9.16. The third-order valence-corrected chi connectivity index (χ3v) is 3.98. The normalized spacial score (nSPS) is 19.0. The van der Waals surface area contributed by atoms with Gasteiger partial charge in [-0.2, -0.15) is 0 Å². The molecular formula is C20H28N2O5. The summed E-state index contributed by atoms with van der Waals surface area (Å²) in [6.45, 7) is 7.54. The molecule has 148 valence electrons. The van der Waals surface area contributed by atoms with Crippen LogP contribution in [0.4, 0.5) is 4.79 Å². The molecule has 1 unspecified atom stereocenters. The summed E-state index contributed by atoms with van der Waals surface area (Å²) in [7, 11) is 0. The molecule has 1 amide bonds. The first-order chi connectivity index (χ1) is 12.7. The van der Waals surface area contributed by atoms with Gasteiger partial charge < -0.3 is 19.6 Å². The average molecular weight is 376 g/mol. The van der Waals surface area contributed by atoms with Crippen LogP contribution in [0.15, 0.2) is 35.5 Å². The molecular weight excluding hydrogens is 348 g/mol. The Morgan fingerprint density at radius 1 is 1.26 bits per heavy atom. The van der Waals surface area contributed by atoms with Crippen LogP contribution in [0.5, 0.6) is 0 Å². The molecule has 1 aromatic carbocycles. The number of nitrogens with one attached hydrogen (secondary N) is 1. The summed E-state index contributed by atoms with van der Waals surface area (Å²) < 4.78 is 10.4. The summed E-state index contributed by atoms with van der Waals surface area (Å²) in [5.41, 5.74) is -0.0636. The van der Waals surface area contributed by atoms with E-state index < -0.39 is 23.3 Å². The quantitative estimate of drug-likeness (QED) is 0.739. The maximum atomic E-state index is 12.5. The molecule has 1 N–H and O–H groups in total. The Morgan fingerprint density at radius 3 is 2.59 bits per heavy atom. The van der Waals surface area contributed by atoms with E-state index in [4.69, 9.17) is 14.3 Å². The van der Waals surface area contributed by atoms with Crippen molar-refractivity contribution in [3.05, 3.63) is 35.9 Å². The van der Waals surface area contributed by atoms with Gasteiger partial charge in [0.2, 0.25) is 5.60 Å². The minimum Gasteiger partial charge on any atom is -0.463 e. The van der Waals surface area contributed by atoms with E-state index >= 15 is 0 Å². The molecule has 7 heteroatoms. The summed E-state index contributed by atoms with van der Waals surface area (Å²) in [5.74, 6) is -0.433. The first-order valence-corrected chi connectivity index (χ1v) is 9.16. The highest BCUT2D eigenvalue weighted by Gasteiger charge is 2.47. The van der Waals surface area contributed by atoms with Crippen molar-refractivity contribution >= 4 is 17.8 Å². The number of carbonyl (C=O) groups is 2. The Labute approximate surface area is 160 Å². The SMILES string of the molecule is CCOC(=O)C1(CCc2ccccc2)CC(CNC(=O)OC(C)(C)C)=NO1. The van der Waals surface area contributed by atoms with Crippen LogP contribution in [0.3, 0.4) is 0 Å². The molecule has 1 atom stereocenters. The molecule has 1 heterocycles. The lowest BCUT2D eigenvalue weighted by Gasteiger charge is -2.24. The predicted octanol–water partition coefficient (Wildman–Crippen LogP) is 3.22. The molecule has 0 radical (unpaired) electrons. The Bertz CT molecular complexity index is 681. The second-order valence-corrected chi connectivity index (χ2v) is 7.48. The van der Waals surface area contributed by atoms with E-state index in [1.807, 2.05) is 30.3 Å². The van der Waals surface area contributed by atoms with Gasteiger partial charge in [0.05, 0.1) is 18.9 Å². The van der Waals surface area contributed by atoms with Crippen molar-refractivity contribution in [3.63, 3.8) is 0 Å².